The summed E-state index contributed by atoms with van der Waals surface area (Å²) in [6, 6.07) is 8.23. The molecule has 0 aliphatic carbocycles. The van der Waals surface area contributed by atoms with Gasteiger partial charge in [-0.3, -0.25) is 0 Å². The molecule has 3 nitrogen and oxygen atoms in total. The first-order valence-corrected chi connectivity index (χ1v) is 8.45. The van der Waals surface area contributed by atoms with Gasteiger partial charge in [-0.05, 0) is 31.9 Å². The van der Waals surface area contributed by atoms with Gasteiger partial charge in [-0.1, -0.05) is 36.9 Å². The van der Waals surface area contributed by atoms with E-state index in [0.717, 1.165) is 11.1 Å². The van der Waals surface area contributed by atoms with Crippen LogP contribution in [0.3, 0.4) is 0 Å². The minimum absolute atomic E-state index is 0.596. The average molecular weight is 283 g/mol. The van der Waals surface area contributed by atoms with Gasteiger partial charge in [0, 0.05) is 0 Å². The molecule has 0 saturated heterocycles. The Hall–Kier alpha value is -0.730. The zero-order valence-electron chi connectivity index (χ0n) is 12.1. The fourth-order valence-electron chi connectivity index (χ4n) is 1.82. The molecule has 19 heavy (non-hydrogen) atoms. The summed E-state index contributed by atoms with van der Waals surface area (Å²) in [5.41, 5.74) is 2.27. The molecule has 0 aliphatic heterocycles. The maximum atomic E-state index is 5.82. The van der Waals surface area contributed by atoms with Crippen LogP contribution in [0.4, 0.5) is 0 Å². The second-order valence-corrected chi connectivity index (χ2v) is 6.28. The summed E-state index contributed by atoms with van der Waals surface area (Å²) in [5, 5.41) is 0. The van der Waals surface area contributed by atoms with Crippen LogP contribution in [0.1, 0.15) is 31.9 Å². The Morgan fingerprint density at radius 1 is 0.947 bits per heavy atom. The highest BCUT2D eigenvalue weighted by Crippen LogP contribution is 2.64. The summed E-state index contributed by atoms with van der Waals surface area (Å²) in [6.07, 6.45) is 2.51. The first kappa shape index (κ1) is 16.3. The number of hydrogen-bond acceptors (Lipinski definition) is 3. The fourth-order valence-corrected chi connectivity index (χ4v) is 4.16. The molecule has 0 N–H and O–H groups in total. The van der Waals surface area contributed by atoms with Gasteiger partial charge in [-0.15, -0.1) is 0 Å². The van der Waals surface area contributed by atoms with Crippen LogP contribution in [0.25, 0.3) is 6.08 Å². The van der Waals surface area contributed by atoms with Gasteiger partial charge in [0.25, 0.3) is 0 Å². The maximum Gasteiger partial charge on any atom is 0.416 e. The lowest BCUT2D eigenvalue weighted by molar-refractivity contribution is 0.149. The molecule has 0 radical (unpaired) electrons. The third kappa shape index (κ3) is 5.04. The van der Waals surface area contributed by atoms with Crippen molar-refractivity contribution in [2.24, 2.45) is 0 Å². The van der Waals surface area contributed by atoms with Crippen molar-refractivity contribution in [2.45, 2.75) is 26.9 Å². The Morgan fingerprint density at radius 2 is 1.42 bits per heavy atom. The molecule has 4 heteroatoms. The van der Waals surface area contributed by atoms with E-state index < -0.39 is 7.94 Å². The molecular formula is C15H24O3P+. The quantitative estimate of drug-likeness (QED) is 0.615. The molecule has 0 saturated carbocycles. The predicted molar refractivity (Wildman–Crippen MR) is 82.0 cm³/mol. The van der Waals surface area contributed by atoms with Crippen LogP contribution in [0.5, 0.6) is 0 Å². The smallest absolute Gasteiger partial charge is 0.178 e. The lowest BCUT2D eigenvalue weighted by atomic mass is 10.1. The van der Waals surface area contributed by atoms with Gasteiger partial charge < -0.3 is 0 Å². The van der Waals surface area contributed by atoms with Crippen molar-refractivity contribution in [3.8, 4) is 0 Å². The van der Waals surface area contributed by atoms with E-state index >= 15 is 0 Å². The minimum atomic E-state index is -2.27. The normalized spacial score (nSPS) is 11.5. The number of rotatable bonds is 9. The maximum absolute atomic E-state index is 5.82. The Kier molecular flexibility index (Phi) is 7.25. The van der Waals surface area contributed by atoms with E-state index in [1.54, 1.807) is 0 Å². The molecule has 0 aliphatic rings. The number of benzene rings is 1. The van der Waals surface area contributed by atoms with Crippen LogP contribution in [0.15, 0.2) is 30.8 Å². The summed E-state index contributed by atoms with van der Waals surface area (Å²) < 4.78 is 17.5. The highest BCUT2D eigenvalue weighted by Gasteiger charge is 2.44. The molecule has 0 unspecified atom stereocenters. The zero-order valence-corrected chi connectivity index (χ0v) is 13.0. The minimum Gasteiger partial charge on any atom is -0.178 e. The van der Waals surface area contributed by atoms with Gasteiger partial charge in [0.2, 0.25) is 0 Å². The van der Waals surface area contributed by atoms with Crippen molar-refractivity contribution in [3.63, 3.8) is 0 Å². The number of hydrogen-bond donors (Lipinski definition) is 0. The Labute approximate surface area is 117 Å². The van der Waals surface area contributed by atoms with Crippen molar-refractivity contribution in [2.75, 3.05) is 19.8 Å². The van der Waals surface area contributed by atoms with Crippen molar-refractivity contribution in [3.05, 3.63) is 42.0 Å². The van der Waals surface area contributed by atoms with Gasteiger partial charge in [-0.2, -0.15) is 13.6 Å². The SMILES string of the molecule is C=Cc1ccc(C[P+](OCC)(OCC)OCC)cc1. The van der Waals surface area contributed by atoms with Gasteiger partial charge in [-0.25, -0.2) is 0 Å². The van der Waals surface area contributed by atoms with Crippen LogP contribution in [-0.4, -0.2) is 19.8 Å². The van der Waals surface area contributed by atoms with Crippen LogP contribution in [0, 0.1) is 0 Å². The summed E-state index contributed by atoms with van der Waals surface area (Å²) in [7, 11) is -2.27. The molecule has 0 amide bonds. The third-order valence-electron chi connectivity index (χ3n) is 2.57. The topological polar surface area (TPSA) is 27.7 Å². The summed E-state index contributed by atoms with van der Waals surface area (Å²) in [5.74, 6) is 0. The third-order valence-corrected chi connectivity index (χ3v) is 5.28. The predicted octanol–water partition coefficient (Wildman–Crippen LogP) is 4.70. The highest BCUT2D eigenvalue weighted by molar-refractivity contribution is 7.60. The van der Waals surface area contributed by atoms with E-state index in [-0.39, 0.29) is 0 Å². The molecule has 0 fully saturated rings. The monoisotopic (exact) mass is 283 g/mol. The second kappa shape index (κ2) is 8.44. The van der Waals surface area contributed by atoms with E-state index in [2.05, 4.69) is 18.7 Å². The summed E-state index contributed by atoms with van der Waals surface area (Å²) in [6.45, 7) is 11.4. The summed E-state index contributed by atoms with van der Waals surface area (Å²) >= 11 is 0. The highest BCUT2D eigenvalue weighted by atomic mass is 31.2. The van der Waals surface area contributed by atoms with Crippen molar-refractivity contribution in [1.82, 2.24) is 0 Å². The standard InChI is InChI=1S/C15H24O3P/c1-5-14-9-11-15(12-10-14)13-19(16-6-2,17-7-3)18-8-4/h5,9-12H,1,6-8,13H2,2-4H3/q+1. The first-order chi connectivity index (χ1) is 9.19. The van der Waals surface area contributed by atoms with E-state index in [0.29, 0.717) is 26.0 Å². The van der Waals surface area contributed by atoms with Crippen LogP contribution in [-0.2, 0) is 19.7 Å². The van der Waals surface area contributed by atoms with E-state index in [1.807, 2.05) is 39.0 Å². The van der Waals surface area contributed by atoms with Crippen molar-refractivity contribution >= 4 is 14.0 Å². The molecule has 1 rings (SSSR count). The molecule has 1 aromatic rings. The van der Waals surface area contributed by atoms with Crippen LogP contribution >= 0.6 is 7.94 Å². The van der Waals surface area contributed by atoms with Crippen LogP contribution in [0.2, 0.25) is 0 Å². The molecule has 0 heterocycles. The van der Waals surface area contributed by atoms with Gasteiger partial charge in [0.15, 0.2) is 6.16 Å². The molecule has 0 atom stereocenters. The van der Waals surface area contributed by atoms with Crippen molar-refractivity contribution < 1.29 is 13.6 Å². The van der Waals surface area contributed by atoms with Gasteiger partial charge >= 0.3 is 7.94 Å². The lowest BCUT2D eigenvalue weighted by Crippen LogP contribution is -2.10. The van der Waals surface area contributed by atoms with E-state index in [1.165, 1.54) is 0 Å². The van der Waals surface area contributed by atoms with Gasteiger partial charge in [0.1, 0.15) is 0 Å². The first-order valence-electron chi connectivity index (χ1n) is 6.72. The lowest BCUT2D eigenvalue weighted by Gasteiger charge is -2.21. The summed E-state index contributed by atoms with van der Waals surface area (Å²) in [4.78, 5) is 0. The molecule has 106 valence electrons. The zero-order chi connectivity index (χ0) is 14.1. The Morgan fingerprint density at radius 3 is 1.79 bits per heavy atom. The van der Waals surface area contributed by atoms with Gasteiger partial charge in [0.05, 0.1) is 19.8 Å². The average Bonchev–Trinajstić information content (AvgIpc) is 2.40. The molecule has 0 aromatic heterocycles. The molecule has 0 bridgehead atoms. The molecular weight excluding hydrogens is 259 g/mol. The van der Waals surface area contributed by atoms with E-state index in [4.69, 9.17) is 13.6 Å². The molecule has 0 spiro atoms. The van der Waals surface area contributed by atoms with Crippen LogP contribution < -0.4 is 0 Å². The largest absolute Gasteiger partial charge is 0.416 e. The Bertz CT molecular complexity index is 358. The Balaban J connectivity index is 2.86. The second-order valence-electron chi connectivity index (χ2n) is 3.97. The molecule has 1 aromatic carbocycles. The van der Waals surface area contributed by atoms with E-state index in [9.17, 15) is 0 Å². The van der Waals surface area contributed by atoms with Crippen molar-refractivity contribution in [1.29, 1.82) is 0 Å². The fraction of sp³-hybridized carbons (Fsp3) is 0.467.